The fourth-order valence-corrected chi connectivity index (χ4v) is 2.54. The Balaban J connectivity index is 1.99. The first-order valence-electron chi connectivity index (χ1n) is 5.73. The first kappa shape index (κ1) is 10.3. The highest BCUT2D eigenvalue weighted by molar-refractivity contribution is 6.05. The molecule has 5 nitrogen and oxygen atoms in total. The topological polar surface area (TPSA) is 78.3 Å². The van der Waals surface area contributed by atoms with Crippen LogP contribution in [0.3, 0.4) is 0 Å². The van der Waals surface area contributed by atoms with Crippen LogP contribution in [0.5, 0.6) is 0 Å². The van der Waals surface area contributed by atoms with Crippen LogP contribution in [0.4, 0.5) is 0 Å². The van der Waals surface area contributed by atoms with E-state index < -0.39 is 5.97 Å². The minimum atomic E-state index is -0.742. The van der Waals surface area contributed by atoms with E-state index in [9.17, 15) is 4.79 Å². The van der Waals surface area contributed by atoms with Gasteiger partial charge in [0.2, 0.25) is 0 Å². The maximum atomic E-state index is 11.0. The summed E-state index contributed by atoms with van der Waals surface area (Å²) in [4.78, 5) is 15.5. The number of carbonyl (C=O) groups is 1. The number of carboxylic acids is 1. The van der Waals surface area contributed by atoms with Gasteiger partial charge in [-0.2, -0.15) is 5.10 Å². The number of aromatic amines is 1. The van der Waals surface area contributed by atoms with Crippen LogP contribution in [0, 0.1) is 11.8 Å². The van der Waals surface area contributed by atoms with Crippen LogP contribution in [0.15, 0.2) is 17.3 Å². The van der Waals surface area contributed by atoms with Crippen molar-refractivity contribution in [1.82, 2.24) is 10.2 Å². The van der Waals surface area contributed by atoms with Gasteiger partial charge in [0.1, 0.15) is 0 Å². The van der Waals surface area contributed by atoms with Gasteiger partial charge >= 0.3 is 5.97 Å². The summed E-state index contributed by atoms with van der Waals surface area (Å²) in [7, 11) is 0. The van der Waals surface area contributed by atoms with Crippen molar-refractivity contribution in [2.24, 2.45) is 16.8 Å². The Hall–Kier alpha value is -1.91. The summed E-state index contributed by atoms with van der Waals surface area (Å²) < 4.78 is 0. The van der Waals surface area contributed by atoms with Crippen molar-refractivity contribution in [2.45, 2.75) is 12.8 Å². The monoisotopic (exact) mass is 231 g/mol. The smallest absolute Gasteiger partial charge is 0.308 e. The van der Waals surface area contributed by atoms with E-state index in [1.54, 1.807) is 6.20 Å². The molecule has 0 bridgehead atoms. The molecule has 2 aliphatic rings. The number of fused-ring (bicyclic) bond motifs is 3. The molecule has 1 aromatic heterocycles. The molecule has 2 atom stereocenters. The van der Waals surface area contributed by atoms with Gasteiger partial charge in [0.15, 0.2) is 0 Å². The molecule has 0 saturated carbocycles. The van der Waals surface area contributed by atoms with Crippen LogP contribution in [-0.2, 0) is 4.79 Å². The van der Waals surface area contributed by atoms with Crippen LogP contribution in [0.1, 0.15) is 24.1 Å². The molecule has 2 unspecified atom stereocenters. The molecule has 0 radical (unpaired) electrons. The lowest BCUT2D eigenvalue weighted by Gasteiger charge is -2.25. The van der Waals surface area contributed by atoms with Crippen molar-refractivity contribution >= 4 is 17.8 Å². The van der Waals surface area contributed by atoms with E-state index in [1.807, 2.05) is 6.08 Å². The van der Waals surface area contributed by atoms with Crippen LogP contribution < -0.4 is 0 Å². The number of nitrogens with one attached hydrogen (secondary N) is 1. The van der Waals surface area contributed by atoms with E-state index in [4.69, 9.17) is 5.11 Å². The second kappa shape index (κ2) is 3.84. The second-order valence-corrected chi connectivity index (χ2v) is 4.53. The van der Waals surface area contributed by atoms with E-state index in [-0.39, 0.29) is 11.8 Å². The predicted molar refractivity (Wildman–Crippen MR) is 62.9 cm³/mol. The van der Waals surface area contributed by atoms with Crippen LogP contribution >= 0.6 is 0 Å². The maximum Gasteiger partial charge on any atom is 0.308 e. The van der Waals surface area contributed by atoms with Crippen molar-refractivity contribution < 1.29 is 9.90 Å². The van der Waals surface area contributed by atoms with Gasteiger partial charge in [0, 0.05) is 17.2 Å². The Morgan fingerprint density at radius 3 is 3.24 bits per heavy atom. The number of hydrogen-bond donors (Lipinski definition) is 2. The van der Waals surface area contributed by atoms with Gasteiger partial charge in [-0.3, -0.25) is 14.9 Å². The molecule has 17 heavy (non-hydrogen) atoms. The summed E-state index contributed by atoms with van der Waals surface area (Å²) in [6, 6.07) is 0. The van der Waals surface area contributed by atoms with Gasteiger partial charge in [-0.15, -0.1) is 0 Å². The zero-order valence-electron chi connectivity index (χ0n) is 9.26. The van der Waals surface area contributed by atoms with Gasteiger partial charge in [0.05, 0.1) is 24.4 Å². The van der Waals surface area contributed by atoms with E-state index in [2.05, 4.69) is 21.3 Å². The number of allylic oxidation sites excluding steroid dienone is 1. The first-order chi connectivity index (χ1) is 8.25. The zero-order chi connectivity index (χ0) is 11.8. The summed E-state index contributed by atoms with van der Waals surface area (Å²) in [6.45, 7) is 0.381. The van der Waals surface area contributed by atoms with E-state index in [1.165, 1.54) is 0 Å². The molecular formula is C12H13N3O2. The Morgan fingerprint density at radius 2 is 2.41 bits per heavy atom. The SMILES string of the molecule is O=C(O)C1CN=C2c3cn[nH]c3C=CCC2C1. The Bertz CT molecular complexity index is 516. The third-order valence-electron chi connectivity index (χ3n) is 3.44. The quantitative estimate of drug-likeness (QED) is 0.765. The number of carboxylic acid groups (broad SMARTS) is 1. The number of H-pyrrole nitrogens is 1. The fraction of sp³-hybridized carbons (Fsp3) is 0.417. The van der Waals surface area contributed by atoms with Crippen molar-refractivity contribution in [1.29, 1.82) is 0 Å². The third-order valence-corrected chi connectivity index (χ3v) is 3.44. The summed E-state index contributed by atoms with van der Waals surface area (Å²) >= 11 is 0. The Labute approximate surface area is 98.3 Å². The molecule has 0 spiro atoms. The van der Waals surface area contributed by atoms with Gasteiger partial charge in [-0.1, -0.05) is 6.08 Å². The summed E-state index contributed by atoms with van der Waals surface area (Å²) in [5, 5.41) is 16.0. The average Bonchev–Trinajstić information content (AvgIpc) is 2.71. The largest absolute Gasteiger partial charge is 0.481 e. The lowest BCUT2D eigenvalue weighted by atomic mass is 9.84. The molecule has 0 fully saturated rings. The molecule has 1 aromatic rings. The van der Waals surface area contributed by atoms with Crippen LogP contribution in [0.25, 0.3) is 6.08 Å². The van der Waals surface area contributed by atoms with Gasteiger partial charge in [-0.25, -0.2) is 0 Å². The van der Waals surface area contributed by atoms with Gasteiger partial charge in [-0.05, 0) is 18.9 Å². The standard InChI is InChI=1S/C12H13N3O2/c16-12(17)8-4-7-2-1-3-10-9(6-14-15-10)11(7)13-5-8/h1,3,6-8H,2,4-5H2,(H,14,15)(H,16,17). The van der Waals surface area contributed by atoms with E-state index >= 15 is 0 Å². The maximum absolute atomic E-state index is 11.0. The van der Waals surface area contributed by atoms with E-state index in [0.717, 1.165) is 23.4 Å². The van der Waals surface area contributed by atoms with Gasteiger partial charge in [0.25, 0.3) is 0 Å². The van der Waals surface area contributed by atoms with Crippen LogP contribution in [-0.4, -0.2) is 33.5 Å². The van der Waals surface area contributed by atoms with Crippen molar-refractivity contribution in [2.75, 3.05) is 6.54 Å². The summed E-state index contributed by atoms with van der Waals surface area (Å²) in [6.07, 6.45) is 7.36. The predicted octanol–water partition coefficient (Wildman–Crippen LogP) is 1.34. The summed E-state index contributed by atoms with van der Waals surface area (Å²) in [5.41, 5.74) is 3.00. The molecular weight excluding hydrogens is 218 g/mol. The minimum absolute atomic E-state index is 0.208. The molecule has 0 amide bonds. The lowest BCUT2D eigenvalue weighted by molar-refractivity contribution is -0.141. The highest BCUT2D eigenvalue weighted by atomic mass is 16.4. The number of aliphatic carboxylic acids is 1. The number of nitrogens with zero attached hydrogens (tertiary/aromatic N) is 2. The minimum Gasteiger partial charge on any atom is -0.481 e. The summed E-state index contributed by atoms with van der Waals surface area (Å²) in [5.74, 6) is -0.876. The highest BCUT2D eigenvalue weighted by Gasteiger charge is 2.32. The molecule has 0 aromatic carbocycles. The zero-order valence-corrected chi connectivity index (χ0v) is 9.26. The molecule has 2 heterocycles. The molecule has 1 aliphatic carbocycles. The lowest BCUT2D eigenvalue weighted by Crippen LogP contribution is -2.30. The Morgan fingerprint density at radius 1 is 1.53 bits per heavy atom. The number of hydrogen-bond acceptors (Lipinski definition) is 3. The second-order valence-electron chi connectivity index (χ2n) is 4.53. The molecule has 3 rings (SSSR count). The average molecular weight is 231 g/mol. The van der Waals surface area contributed by atoms with Crippen molar-refractivity contribution in [3.8, 4) is 0 Å². The van der Waals surface area contributed by atoms with Crippen LogP contribution in [0.2, 0.25) is 0 Å². The number of rotatable bonds is 1. The first-order valence-corrected chi connectivity index (χ1v) is 5.73. The number of aliphatic imine (C=N–C) groups is 1. The van der Waals surface area contributed by atoms with Crippen molar-refractivity contribution in [3.05, 3.63) is 23.5 Å². The van der Waals surface area contributed by atoms with Crippen molar-refractivity contribution in [3.63, 3.8) is 0 Å². The molecule has 88 valence electrons. The third kappa shape index (κ3) is 1.67. The Kier molecular flexibility index (Phi) is 2.31. The van der Waals surface area contributed by atoms with E-state index in [0.29, 0.717) is 13.0 Å². The normalized spacial score (nSPS) is 26.7. The number of aromatic nitrogens is 2. The fourth-order valence-electron chi connectivity index (χ4n) is 2.54. The highest BCUT2D eigenvalue weighted by Crippen LogP contribution is 2.30. The molecule has 2 N–H and O–H groups in total. The molecule has 0 saturated heterocycles. The van der Waals surface area contributed by atoms with Gasteiger partial charge < -0.3 is 5.11 Å². The molecule has 1 aliphatic heterocycles. The molecule has 5 heteroatoms.